The summed E-state index contributed by atoms with van der Waals surface area (Å²) < 4.78 is 2.32. The molecule has 1 aromatic heterocycles. The molecule has 11 rings (SSSR count). The van der Waals surface area contributed by atoms with Gasteiger partial charge in [-0.05, 0) is 132 Å². The van der Waals surface area contributed by atoms with Crippen molar-refractivity contribution in [3.63, 3.8) is 0 Å². The number of benzene rings is 9. The van der Waals surface area contributed by atoms with Gasteiger partial charge in [0.2, 0.25) is 0 Å². The molecule has 2 nitrogen and oxygen atoms in total. The maximum Gasteiger partial charge on any atom is 0.145 e. The van der Waals surface area contributed by atoms with Crippen LogP contribution < -0.4 is 0 Å². The van der Waals surface area contributed by atoms with Gasteiger partial charge in [0.1, 0.15) is 5.82 Å². The van der Waals surface area contributed by atoms with Crippen LogP contribution in [-0.2, 0) is 6.42 Å². The van der Waals surface area contributed by atoms with Gasteiger partial charge < -0.3 is 0 Å². The highest BCUT2D eigenvalue weighted by Gasteiger charge is 2.23. The Bertz CT molecular complexity index is 3330. The fourth-order valence-corrected chi connectivity index (χ4v) is 10.2. The molecule has 1 aliphatic rings. The highest BCUT2D eigenvalue weighted by molar-refractivity contribution is 6.23. The van der Waals surface area contributed by atoms with Crippen LogP contribution in [0.2, 0.25) is 0 Å². The second kappa shape index (κ2) is 15.8. The van der Waals surface area contributed by atoms with Crippen molar-refractivity contribution in [3.8, 4) is 50.5 Å². The predicted octanol–water partition coefficient (Wildman–Crippen LogP) is 16.3. The van der Waals surface area contributed by atoms with Crippen molar-refractivity contribution < 1.29 is 0 Å². The molecule has 0 amide bonds. The zero-order chi connectivity index (χ0) is 41.6. The van der Waals surface area contributed by atoms with Gasteiger partial charge in [0.05, 0.1) is 11.4 Å². The van der Waals surface area contributed by atoms with Gasteiger partial charge in [-0.3, -0.25) is 4.57 Å². The van der Waals surface area contributed by atoms with Crippen LogP contribution in [0.5, 0.6) is 0 Å². The molecule has 1 aliphatic carbocycles. The molecule has 0 bridgehead atoms. The SMILES string of the molecule is C=CCC(/C=C\C)c1c2ccccc2c(-c2ccccc2)c2cc(-c3c4ccccc4c(-c4ccc(-c5nc6c(n5-c5ccccc5)C=CCC6)cc4)c4ccccc34)ccc12. The topological polar surface area (TPSA) is 17.8 Å². The molecule has 9 aromatic carbocycles. The molecular weight excluding hydrogens is 749 g/mol. The number of hydrogen-bond acceptors (Lipinski definition) is 1. The van der Waals surface area contributed by atoms with E-state index in [1.807, 2.05) is 0 Å². The number of aromatic nitrogens is 2. The van der Waals surface area contributed by atoms with Crippen LogP contribution in [-0.4, -0.2) is 9.55 Å². The molecule has 2 heteroatoms. The maximum atomic E-state index is 5.25. The first-order chi connectivity index (χ1) is 30.7. The van der Waals surface area contributed by atoms with Gasteiger partial charge in [-0.2, -0.15) is 0 Å². The maximum absolute atomic E-state index is 5.25. The van der Waals surface area contributed by atoms with Crippen LogP contribution in [0.3, 0.4) is 0 Å². The minimum atomic E-state index is 0.202. The largest absolute Gasteiger partial charge is 0.293 e. The van der Waals surface area contributed by atoms with E-state index in [0.29, 0.717) is 0 Å². The third-order valence-electron chi connectivity index (χ3n) is 12.8. The first-order valence-corrected chi connectivity index (χ1v) is 21.9. The molecule has 1 unspecified atom stereocenters. The van der Waals surface area contributed by atoms with Gasteiger partial charge in [0, 0.05) is 17.2 Å². The van der Waals surface area contributed by atoms with Crippen LogP contribution in [0.4, 0.5) is 0 Å². The summed E-state index contributed by atoms with van der Waals surface area (Å²) in [5, 5.41) is 10.1. The zero-order valence-electron chi connectivity index (χ0n) is 34.9. The van der Waals surface area contributed by atoms with Gasteiger partial charge in [-0.15, -0.1) is 6.58 Å². The third kappa shape index (κ3) is 6.22. The third-order valence-corrected chi connectivity index (χ3v) is 12.8. The molecule has 0 aliphatic heterocycles. The average Bonchev–Trinajstić information content (AvgIpc) is 3.73. The average molecular weight is 795 g/mol. The zero-order valence-corrected chi connectivity index (χ0v) is 34.9. The van der Waals surface area contributed by atoms with E-state index < -0.39 is 0 Å². The van der Waals surface area contributed by atoms with Crippen LogP contribution in [0, 0.1) is 0 Å². The van der Waals surface area contributed by atoms with Crippen LogP contribution in [0.25, 0.3) is 99.6 Å². The number of fused-ring (bicyclic) bond motifs is 5. The lowest BCUT2D eigenvalue weighted by atomic mass is 9.80. The normalized spacial score (nSPS) is 13.0. The molecule has 0 N–H and O–H groups in total. The summed E-state index contributed by atoms with van der Waals surface area (Å²) in [7, 11) is 0. The van der Waals surface area contributed by atoms with E-state index in [1.54, 1.807) is 0 Å². The summed E-state index contributed by atoms with van der Waals surface area (Å²) in [6, 6.07) is 64.8. The van der Waals surface area contributed by atoms with E-state index in [2.05, 4.69) is 224 Å². The minimum Gasteiger partial charge on any atom is -0.293 e. The molecule has 0 saturated carbocycles. The molecular formula is C60H46N2. The Kier molecular flexibility index (Phi) is 9.55. The van der Waals surface area contributed by atoms with E-state index in [9.17, 15) is 0 Å². The number of rotatable bonds is 9. The fourth-order valence-electron chi connectivity index (χ4n) is 10.2. The van der Waals surface area contributed by atoms with Gasteiger partial charge in [-0.1, -0.05) is 182 Å². The van der Waals surface area contributed by atoms with Crippen molar-refractivity contribution in [1.29, 1.82) is 0 Å². The van der Waals surface area contributed by atoms with Gasteiger partial charge in [0.15, 0.2) is 0 Å². The summed E-state index contributed by atoms with van der Waals surface area (Å²) in [6.45, 7) is 6.30. The van der Waals surface area contributed by atoms with Crippen LogP contribution in [0.15, 0.2) is 207 Å². The Hall–Kier alpha value is -7.55. The van der Waals surface area contributed by atoms with Crippen molar-refractivity contribution in [1.82, 2.24) is 9.55 Å². The number of nitrogens with zero attached hydrogens (tertiary/aromatic N) is 2. The van der Waals surface area contributed by atoms with Crippen molar-refractivity contribution in [3.05, 3.63) is 224 Å². The van der Waals surface area contributed by atoms with E-state index in [1.165, 1.54) is 87.7 Å². The summed E-state index contributed by atoms with van der Waals surface area (Å²) in [4.78, 5) is 5.25. The molecule has 1 heterocycles. The van der Waals surface area contributed by atoms with Crippen molar-refractivity contribution in [2.45, 2.75) is 32.1 Å². The first-order valence-electron chi connectivity index (χ1n) is 21.9. The fraction of sp³-hybridized carbons (Fsp3) is 0.0833. The molecule has 0 saturated heterocycles. The molecule has 62 heavy (non-hydrogen) atoms. The Morgan fingerprint density at radius 1 is 0.548 bits per heavy atom. The number of allylic oxidation sites excluding steroid dienone is 4. The Morgan fingerprint density at radius 3 is 1.68 bits per heavy atom. The standard InChI is InChI=1S/C60H46N2/c1-3-19-40(20-4-2)56-46-25-11-14-28-49(46)58(41-21-7-5-8-22-41)53-39-44(37-38-52(53)56)59-50-29-15-12-26-47(50)57(48-27-13-16-30-51(48)59)42-33-35-43(36-34-42)60-61-54-31-17-18-32-55(54)62(60)45-23-9-6-10-24-45/h3-16,18,20-30,32-40H,1,17,19,31H2,2H3/b20-4-. The predicted molar refractivity (Wildman–Crippen MR) is 265 cm³/mol. The minimum absolute atomic E-state index is 0.202. The van der Waals surface area contributed by atoms with Crippen LogP contribution >= 0.6 is 0 Å². The van der Waals surface area contributed by atoms with Gasteiger partial charge >= 0.3 is 0 Å². The quantitative estimate of drug-likeness (QED) is 0.105. The molecule has 0 fully saturated rings. The first kappa shape index (κ1) is 37.4. The highest BCUT2D eigenvalue weighted by Crippen LogP contribution is 2.48. The van der Waals surface area contributed by atoms with Crippen molar-refractivity contribution >= 4 is 49.2 Å². The molecule has 296 valence electrons. The van der Waals surface area contributed by atoms with Gasteiger partial charge in [-0.25, -0.2) is 4.98 Å². The van der Waals surface area contributed by atoms with E-state index in [4.69, 9.17) is 4.98 Å². The van der Waals surface area contributed by atoms with E-state index in [0.717, 1.165) is 42.0 Å². The monoisotopic (exact) mass is 794 g/mol. The van der Waals surface area contributed by atoms with E-state index >= 15 is 0 Å². The lowest BCUT2D eigenvalue weighted by Crippen LogP contribution is -2.01. The molecule has 0 spiro atoms. The lowest BCUT2D eigenvalue weighted by molar-refractivity contribution is 0.880. The summed E-state index contributed by atoms with van der Waals surface area (Å²) in [6.07, 6.45) is 13.9. The second-order valence-corrected chi connectivity index (χ2v) is 16.4. The Morgan fingerprint density at radius 2 is 1.05 bits per heavy atom. The second-order valence-electron chi connectivity index (χ2n) is 16.4. The number of aryl methyl sites for hydroxylation is 1. The van der Waals surface area contributed by atoms with Crippen molar-refractivity contribution in [2.24, 2.45) is 0 Å². The smallest absolute Gasteiger partial charge is 0.145 e. The number of imidazole rings is 1. The molecule has 10 aromatic rings. The molecule has 0 radical (unpaired) electrons. The number of para-hydroxylation sites is 1. The van der Waals surface area contributed by atoms with E-state index in [-0.39, 0.29) is 5.92 Å². The molecule has 1 atom stereocenters. The van der Waals surface area contributed by atoms with Gasteiger partial charge in [0.25, 0.3) is 0 Å². The van der Waals surface area contributed by atoms with Crippen molar-refractivity contribution in [2.75, 3.05) is 0 Å². The summed E-state index contributed by atoms with van der Waals surface area (Å²) >= 11 is 0. The van der Waals surface area contributed by atoms with Crippen LogP contribution in [0.1, 0.15) is 42.6 Å². The summed E-state index contributed by atoms with van der Waals surface area (Å²) in [5.74, 6) is 1.18. The Balaban J connectivity index is 1.13. The summed E-state index contributed by atoms with van der Waals surface area (Å²) in [5.41, 5.74) is 13.3. The highest BCUT2D eigenvalue weighted by atomic mass is 15.1. The Labute approximate surface area is 363 Å². The number of hydrogen-bond donors (Lipinski definition) is 0. The lowest BCUT2D eigenvalue weighted by Gasteiger charge is -2.23.